The SMILES string of the molecule is CC(O)CC=O.CC(O)CCO.CC1CO1. The fraction of sp³-hybridized carbons (Fsp3) is 0.909. The molecule has 0 aromatic rings. The van der Waals surface area contributed by atoms with E-state index in [0.717, 1.165) is 6.61 Å². The number of rotatable bonds is 4. The molecule has 0 aromatic heterocycles. The molecular formula is C11H24O5. The van der Waals surface area contributed by atoms with Crippen LogP contribution in [0.2, 0.25) is 0 Å². The molecule has 0 bridgehead atoms. The molecule has 1 aliphatic rings. The Morgan fingerprint density at radius 1 is 1.38 bits per heavy atom. The zero-order valence-corrected chi connectivity index (χ0v) is 10.3. The lowest BCUT2D eigenvalue weighted by molar-refractivity contribution is -0.109. The molecule has 0 aromatic carbocycles. The highest BCUT2D eigenvalue weighted by Gasteiger charge is 2.13. The van der Waals surface area contributed by atoms with Gasteiger partial charge in [0.1, 0.15) is 6.29 Å². The van der Waals surface area contributed by atoms with E-state index < -0.39 is 6.10 Å². The third-order valence-corrected chi connectivity index (χ3v) is 1.48. The van der Waals surface area contributed by atoms with E-state index in [9.17, 15) is 4.79 Å². The van der Waals surface area contributed by atoms with Gasteiger partial charge in [0, 0.05) is 13.0 Å². The highest BCUT2D eigenvalue weighted by molar-refractivity contribution is 5.49. The van der Waals surface area contributed by atoms with Crippen molar-refractivity contribution in [3.63, 3.8) is 0 Å². The summed E-state index contributed by atoms with van der Waals surface area (Å²) in [4.78, 5) is 9.46. The summed E-state index contributed by atoms with van der Waals surface area (Å²) in [7, 11) is 0. The molecule has 16 heavy (non-hydrogen) atoms. The highest BCUT2D eigenvalue weighted by atomic mass is 16.6. The number of aliphatic hydroxyl groups is 3. The van der Waals surface area contributed by atoms with Crippen molar-refractivity contribution < 1.29 is 24.9 Å². The van der Waals surface area contributed by atoms with Crippen molar-refractivity contribution in [3.8, 4) is 0 Å². The lowest BCUT2D eigenvalue weighted by Crippen LogP contribution is -2.00. The maximum absolute atomic E-state index is 9.46. The fourth-order valence-corrected chi connectivity index (χ4v) is 0.422. The first-order chi connectivity index (χ1) is 7.43. The number of carbonyl (C=O) groups is 1. The van der Waals surface area contributed by atoms with Gasteiger partial charge in [0.15, 0.2) is 0 Å². The second-order valence-corrected chi connectivity index (χ2v) is 3.76. The van der Waals surface area contributed by atoms with Gasteiger partial charge in [-0.1, -0.05) is 0 Å². The summed E-state index contributed by atoms with van der Waals surface area (Å²) in [5, 5.41) is 24.8. The van der Waals surface area contributed by atoms with Gasteiger partial charge in [-0.3, -0.25) is 0 Å². The minimum Gasteiger partial charge on any atom is -0.396 e. The first-order valence-electron chi connectivity index (χ1n) is 5.46. The monoisotopic (exact) mass is 236 g/mol. The van der Waals surface area contributed by atoms with Crippen molar-refractivity contribution >= 4 is 6.29 Å². The molecule has 1 aliphatic heterocycles. The maximum Gasteiger partial charge on any atom is 0.122 e. The van der Waals surface area contributed by atoms with E-state index in [2.05, 4.69) is 6.92 Å². The van der Waals surface area contributed by atoms with Crippen LogP contribution in [0.25, 0.3) is 0 Å². The number of aliphatic hydroxyl groups excluding tert-OH is 3. The van der Waals surface area contributed by atoms with Crippen LogP contribution in [-0.2, 0) is 9.53 Å². The van der Waals surface area contributed by atoms with E-state index in [1.807, 2.05) is 0 Å². The quantitative estimate of drug-likeness (QED) is 0.476. The molecule has 1 rings (SSSR count). The van der Waals surface area contributed by atoms with Crippen molar-refractivity contribution in [3.05, 3.63) is 0 Å². The Bertz CT molecular complexity index is 143. The Morgan fingerprint density at radius 3 is 1.81 bits per heavy atom. The lowest BCUT2D eigenvalue weighted by Gasteiger charge is -1.95. The lowest BCUT2D eigenvalue weighted by atomic mass is 10.3. The Balaban J connectivity index is 0. The van der Waals surface area contributed by atoms with Crippen molar-refractivity contribution in [1.82, 2.24) is 0 Å². The van der Waals surface area contributed by atoms with Gasteiger partial charge in [-0.05, 0) is 27.2 Å². The van der Waals surface area contributed by atoms with Crippen molar-refractivity contribution in [2.75, 3.05) is 13.2 Å². The van der Waals surface area contributed by atoms with Crippen LogP contribution in [0.3, 0.4) is 0 Å². The third kappa shape index (κ3) is 29.2. The topological polar surface area (TPSA) is 90.3 Å². The molecule has 3 atom stereocenters. The fourth-order valence-electron chi connectivity index (χ4n) is 0.422. The summed E-state index contributed by atoms with van der Waals surface area (Å²) in [6, 6.07) is 0. The number of epoxide rings is 1. The minimum atomic E-state index is -0.470. The van der Waals surface area contributed by atoms with Crippen LogP contribution in [0, 0.1) is 0 Å². The van der Waals surface area contributed by atoms with Crippen LogP contribution in [0.15, 0.2) is 0 Å². The Labute approximate surface area is 97.1 Å². The smallest absolute Gasteiger partial charge is 0.122 e. The van der Waals surface area contributed by atoms with E-state index in [1.165, 1.54) is 0 Å². The zero-order chi connectivity index (χ0) is 13.0. The molecule has 0 saturated carbocycles. The van der Waals surface area contributed by atoms with Crippen molar-refractivity contribution in [2.24, 2.45) is 0 Å². The molecule has 0 amide bonds. The standard InChI is InChI=1S/C4H10O2.C4H8O2.C3H6O/c2*1-4(6)2-3-5;1-3-2-4-3/h4-6H,2-3H2,1H3;3-4,6H,2H2,1H3;3H,2H2,1H3. The molecular weight excluding hydrogens is 212 g/mol. The second kappa shape index (κ2) is 12.6. The van der Waals surface area contributed by atoms with Crippen LogP contribution in [-0.4, -0.2) is 53.1 Å². The number of carbonyl (C=O) groups excluding carboxylic acids is 1. The summed E-state index contributed by atoms with van der Waals surface area (Å²) in [5.41, 5.74) is 0. The molecule has 3 N–H and O–H groups in total. The second-order valence-electron chi connectivity index (χ2n) is 3.76. The van der Waals surface area contributed by atoms with Crippen LogP contribution in [0.1, 0.15) is 33.6 Å². The van der Waals surface area contributed by atoms with E-state index in [-0.39, 0.29) is 19.1 Å². The van der Waals surface area contributed by atoms with E-state index >= 15 is 0 Å². The van der Waals surface area contributed by atoms with Gasteiger partial charge in [-0.2, -0.15) is 0 Å². The Kier molecular flexibility index (Phi) is 14.1. The first kappa shape index (κ1) is 17.9. The van der Waals surface area contributed by atoms with Gasteiger partial charge in [-0.15, -0.1) is 0 Å². The normalized spacial score (nSPS) is 20.5. The first-order valence-corrected chi connectivity index (χ1v) is 5.46. The molecule has 98 valence electrons. The Morgan fingerprint density at radius 2 is 1.81 bits per heavy atom. The third-order valence-electron chi connectivity index (χ3n) is 1.48. The van der Waals surface area contributed by atoms with Crippen LogP contribution < -0.4 is 0 Å². The number of hydrogen-bond acceptors (Lipinski definition) is 5. The van der Waals surface area contributed by atoms with Gasteiger partial charge in [0.05, 0.1) is 24.9 Å². The highest BCUT2D eigenvalue weighted by Crippen LogP contribution is 2.04. The molecule has 0 spiro atoms. The van der Waals surface area contributed by atoms with Crippen LogP contribution in [0.5, 0.6) is 0 Å². The molecule has 1 fully saturated rings. The number of aldehydes is 1. The average Bonchev–Trinajstić information content (AvgIpc) is 2.89. The predicted octanol–water partition coefficient (Wildman–Crippen LogP) is 0.111. The zero-order valence-electron chi connectivity index (χ0n) is 10.3. The molecule has 0 aliphatic carbocycles. The van der Waals surface area contributed by atoms with Crippen LogP contribution in [0.4, 0.5) is 0 Å². The van der Waals surface area contributed by atoms with Crippen molar-refractivity contribution in [1.29, 1.82) is 0 Å². The summed E-state index contributed by atoms with van der Waals surface area (Å²) >= 11 is 0. The molecule has 5 nitrogen and oxygen atoms in total. The summed E-state index contributed by atoms with van der Waals surface area (Å²) in [6.07, 6.45) is 1.20. The average molecular weight is 236 g/mol. The van der Waals surface area contributed by atoms with Gasteiger partial charge in [0.2, 0.25) is 0 Å². The molecule has 0 radical (unpaired) electrons. The van der Waals surface area contributed by atoms with Gasteiger partial charge in [-0.25, -0.2) is 0 Å². The van der Waals surface area contributed by atoms with E-state index in [4.69, 9.17) is 20.1 Å². The van der Waals surface area contributed by atoms with Gasteiger partial charge >= 0.3 is 0 Å². The number of ether oxygens (including phenoxy) is 1. The largest absolute Gasteiger partial charge is 0.396 e. The summed E-state index contributed by atoms with van der Waals surface area (Å²) < 4.78 is 4.71. The van der Waals surface area contributed by atoms with E-state index in [1.54, 1.807) is 13.8 Å². The molecule has 3 unspecified atom stereocenters. The summed E-state index contributed by atoms with van der Waals surface area (Å²) in [5.74, 6) is 0. The summed E-state index contributed by atoms with van der Waals surface area (Å²) in [6.45, 7) is 6.35. The van der Waals surface area contributed by atoms with Crippen LogP contribution >= 0.6 is 0 Å². The van der Waals surface area contributed by atoms with Crippen molar-refractivity contribution in [2.45, 2.75) is 51.9 Å². The molecule has 1 saturated heterocycles. The predicted molar refractivity (Wildman–Crippen MR) is 61.2 cm³/mol. The van der Waals surface area contributed by atoms with Gasteiger partial charge < -0.3 is 24.9 Å². The molecule has 1 heterocycles. The van der Waals surface area contributed by atoms with E-state index in [0.29, 0.717) is 18.8 Å². The minimum absolute atomic E-state index is 0.0810. The number of hydrogen-bond donors (Lipinski definition) is 3. The van der Waals surface area contributed by atoms with Gasteiger partial charge in [0.25, 0.3) is 0 Å². The molecule has 5 heteroatoms. The maximum atomic E-state index is 9.46. The Hall–Kier alpha value is -0.490.